The number of carbonyl (C=O) groups is 2. The van der Waals surface area contributed by atoms with E-state index >= 15 is 0 Å². The van der Waals surface area contributed by atoms with Crippen molar-refractivity contribution in [2.45, 2.75) is 6.92 Å². The minimum atomic E-state index is -0.358. The minimum absolute atomic E-state index is 0.0507. The fourth-order valence-corrected chi connectivity index (χ4v) is 2.38. The number of amides is 3. The first-order valence-corrected chi connectivity index (χ1v) is 7.89. The van der Waals surface area contributed by atoms with Crippen LogP contribution in [0.1, 0.15) is 6.92 Å². The number of urea groups is 1. The molecule has 1 aromatic heterocycles. The Morgan fingerprint density at radius 3 is 2.83 bits per heavy atom. The summed E-state index contributed by atoms with van der Waals surface area (Å²) < 4.78 is 5.10. The first kappa shape index (κ1) is 16.8. The van der Waals surface area contributed by atoms with E-state index in [0.29, 0.717) is 23.1 Å². The summed E-state index contributed by atoms with van der Waals surface area (Å²) in [7, 11) is 1.56. The zero-order valence-corrected chi connectivity index (χ0v) is 13.7. The number of carbonyl (C=O) groups excluding carboxylic acids is 2. The molecular weight excluding hydrogens is 316 g/mol. The van der Waals surface area contributed by atoms with Crippen molar-refractivity contribution in [2.75, 3.05) is 30.8 Å². The molecule has 0 unspecified atom stereocenters. The Bertz CT molecular complexity index is 661. The third-order valence-corrected chi connectivity index (χ3v) is 3.69. The van der Waals surface area contributed by atoms with Gasteiger partial charge in [-0.1, -0.05) is 6.07 Å². The molecule has 3 amide bonds. The molecule has 0 bridgehead atoms. The van der Waals surface area contributed by atoms with Crippen LogP contribution in [0, 0.1) is 0 Å². The van der Waals surface area contributed by atoms with Crippen molar-refractivity contribution in [3.05, 3.63) is 35.8 Å². The van der Waals surface area contributed by atoms with Crippen LogP contribution >= 0.6 is 11.3 Å². The van der Waals surface area contributed by atoms with Crippen LogP contribution < -0.4 is 15.4 Å². The SMILES string of the molecule is CCN(CC(=O)Nc1cccc(OC)c1)C(=O)Nc1nccs1. The number of hydrogen-bond donors (Lipinski definition) is 2. The molecule has 0 radical (unpaired) electrons. The predicted molar refractivity (Wildman–Crippen MR) is 90.0 cm³/mol. The zero-order valence-electron chi connectivity index (χ0n) is 12.9. The van der Waals surface area contributed by atoms with Gasteiger partial charge in [-0.25, -0.2) is 9.78 Å². The normalized spacial score (nSPS) is 10.0. The molecule has 2 rings (SSSR count). The van der Waals surface area contributed by atoms with Crippen LogP contribution in [-0.4, -0.2) is 42.0 Å². The standard InChI is InChI=1S/C15H18N4O3S/c1-3-19(15(21)18-14-16-7-8-23-14)10-13(20)17-11-5-4-6-12(9-11)22-2/h4-9H,3,10H2,1-2H3,(H,17,20)(H,16,18,21). The van der Waals surface area contributed by atoms with E-state index in [1.165, 1.54) is 16.2 Å². The molecule has 0 aliphatic heterocycles. The van der Waals surface area contributed by atoms with Gasteiger partial charge >= 0.3 is 6.03 Å². The van der Waals surface area contributed by atoms with Gasteiger partial charge in [-0.15, -0.1) is 11.3 Å². The molecule has 122 valence electrons. The van der Waals surface area contributed by atoms with E-state index in [1.807, 2.05) is 0 Å². The summed E-state index contributed by atoms with van der Waals surface area (Å²) in [6.45, 7) is 2.16. The summed E-state index contributed by atoms with van der Waals surface area (Å²) in [6, 6.07) is 6.68. The van der Waals surface area contributed by atoms with Crippen molar-refractivity contribution in [2.24, 2.45) is 0 Å². The number of aromatic nitrogens is 1. The van der Waals surface area contributed by atoms with Gasteiger partial charge in [-0.2, -0.15) is 0 Å². The Morgan fingerprint density at radius 2 is 2.17 bits per heavy atom. The molecule has 0 fully saturated rings. The maximum absolute atomic E-state index is 12.1. The van der Waals surface area contributed by atoms with Crippen molar-refractivity contribution in [3.8, 4) is 5.75 Å². The van der Waals surface area contributed by atoms with Crippen molar-refractivity contribution < 1.29 is 14.3 Å². The van der Waals surface area contributed by atoms with Crippen LogP contribution in [0.25, 0.3) is 0 Å². The molecule has 2 N–H and O–H groups in total. The lowest BCUT2D eigenvalue weighted by Crippen LogP contribution is -2.40. The quantitative estimate of drug-likeness (QED) is 0.850. The highest BCUT2D eigenvalue weighted by Gasteiger charge is 2.16. The molecule has 0 aliphatic rings. The highest BCUT2D eigenvalue weighted by atomic mass is 32.1. The highest BCUT2D eigenvalue weighted by molar-refractivity contribution is 7.13. The fourth-order valence-electron chi connectivity index (χ4n) is 1.86. The molecule has 23 heavy (non-hydrogen) atoms. The number of nitrogens with one attached hydrogen (secondary N) is 2. The molecule has 0 atom stereocenters. The lowest BCUT2D eigenvalue weighted by Gasteiger charge is -2.20. The Hall–Kier alpha value is -2.61. The maximum atomic E-state index is 12.1. The first-order valence-electron chi connectivity index (χ1n) is 7.01. The molecule has 0 spiro atoms. The van der Waals surface area contributed by atoms with Crippen molar-refractivity contribution in [1.82, 2.24) is 9.88 Å². The Kier molecular flexibility index (Phi) is 5.93. The molecule has 1 aromatic carbocycles. The average molecular weight is 334 g/mol. The number of hydrogen-bond acceptors (Lipinski definition) is 5. The number of rotatable bonds is 6. The number of thiazole rings is 1. The van der Waals surface area contributed by atoms with Gasteiger partial charge in [0, 0.05) is 29.9 Å². The molecule has 0 saturated carbocycles. The third-order valence-electron chi connectivity index (χ3n) is 3.00. The summed E-state index contributed by atoms with van der Waals surface area (Å²) in [5.74, 6) is 0.367. The van der Waals surface area contributed by atoms with E-state index < -0.39 is 0 Å². The summed E-state index contributed by atoms with van der Waals surface area (Å²) in [4.78, 5) is 29.6. The predicted octanol–water partition coefficient (Wildman–Crippen LogP) is 2.64. The lowest BCUT2D eigenvalue weighted by atomic mass is 10.3. The van der Waals surface area contributed by atoms with Crippen LogP contribution in [-0.2, 0) is 4.79 Å². The molecule has 7 nitrogen and oxygen atoms in total. The van der Waals surface area contributed by atoms with Gasteiger partial charge in [-0.3, -0.25) is 10.1 Å². The van der Waals surface area contributed by atoms with E-state index in [0.717, 1.165) is 0 Å². The second-order valence-corrected chi connectivity index (χ2v) is 5.46. The molecule has 2 aromatic rings. The number of nitrogens with zero attached hydrogens (tertiary/aromatic N) is 2. The van der Waals surface area contributed by atoms with Gasteiger partial charge in [0.1, 0.15) is 12.3 Å². The number of ether oxygens (including phenoxy) is 1. The average Bonchev–Trinajstić information content (AvgIpc) is 3.05. The van der Waals surface area contributed by atoms with Gasteiger partial charge in [0.2, 0.25) is 5.91 Å². The van der Waals surface area contributed by atoms with E-state index in [2.05, 4.69) is 15.6 Å². The van der Waals surface area contributed by atoms with Crippen LogP contribution in [0.4, 0.5) is 15.6 Å². The van der Waals surface area contributed by atoms with E-state index in [-0.39, 0.29) is 18.5 Å². The minimum Gasteiger partial charge on any atom is -0.497 e. The summed E-state index contributed by atoms with van der Waals surface area (Å²) in [6.07, 6.45) is 1.60. The largest absolute Gasteiger partial charge is 0.497 e. The van der Waals surface area contributed by atoms with E-state index in [4.69, 9.17) is 4.74 Å². The Balaban J connectivity index is 1.92. The van der Waals surface area contributed by atoms with Crippen LogP contribution in [0.5, 0.6) is 5.75 Å². The second kappa shape index (κ2) is 8.14. The molecule has 8 heteroatoms. The van der Waals surface area contributed by atoms with Gasteiger partial charge in [0.25, 0.3) is 0 Å². The van der Waals surface area contributed by atoms with E-state index in [1.54, 1.807) is 49.9 Å². The summed E-state index contributed by atoms with van der Waals surface area (Å²) >= 11 is 1.32. The number of anilines is 2. The maximum Gasteiger partial charge on any atom is 0.324 e. The zero-order chi connectivity index (χ0) is 16.7. The van der Waals surface area contributed by atoms with Crippen LogP contribution in [0.15, 0.2) is 35.8 Å². The smallest absolute Gasteiger partial charge is 0.324 e. The number of likely N-dealkylation sites (N-methyl/N-ethyl adjacent to an activating group) is 1. The summed E-state index contributed by atoms with van der Waals surface area (Å²) in [5, 5.41) is 7.66. The van der Waals surface area contributed by atoms with Gasteiger partial charge in [-0.05, 0) is 19.1 Å². The van der Waals surface area contributed by atoms with Gasteiger partial charge in [0.15, 0.2) is 5.13 Å². The highest BCUT2D eigenvalue weighted by Crippen LogP contribution is 2.16. The fraction of sp³-hybridized carbons (Fsp3) is 0.267. The third kappa shape index (κ3) is 4.96. The molecule has 1 heterocycles. The van der Waals surface area contributed by atoms with Crippen molar-refractivity contribution in [3.63, 3.8) is 0 Å². The van der Waals surface area contributed by atoms with Crippen LogP contribution in [0.3, 0.4) is 0 Å². The van der Waals surface area contributed by atoms with Crippen molar-refractivity contribution in [1.29, 1.82) is 0 Å². The monoisotopic (exact) mass is 334 g/mol. The Morgan fingerprint density at radius 1 is 1.35 bits per heavy atom. The van der Waals surface area contributed by atoms with E-state index in [9.17, 15) is 9.59 Å². The van der Waals surface area contributed by atoms with Crippen LogP contribution in [0.2, 0.25) is 0 Å². The first-order chi connectivity index (χ1) is 11.1. The van der Waals surface area contributed by atoms with Gasteiger partial charge in [0.05, 0.1) is 7.11 Å². The number of benzene rings is 1. The summed E-state index contributed by atoms with van der Waals surface area (Å²) in [5.41, 5.74) is 0.616. The topological polar surface area (TPSA) is 83.6 Å². The second-order valence-electron chi connectivity index (χ2n) is 4.56. The number of methoxy groups -OCH3 is 1. The lowest BCUT2D eigenvalue weighted by molar-refractivity contribution is -0.116. The molecule has 0 saturated heterocycles. The molecule has 0 aliphatic carbocycles. The molecular formula is C15H18N4O3S. The Labute approximate surface area is 138 Å². The van der Waals surface area contributed by atoms with Gasteiger partial charge < -0.3 is 15.0 Å². The van der Waals surface area contributed by atoms with Crippen molar-refractivity contribution >= 4 is 34.1 Å².